The molecule has 5 N–H and O–H groups in total. The maximum atomic E-state index is 15.1. The third-order valence-corrected chi connectivity index (χ3v) is 15.0. The van der Waals surface area contributed by atoms with E-state index in [9.17, 15) is 24.0 Å². The molecule has 3 aliphatic heterocycles. The number of hydrogen-bond donors (Lipinski definition) is 5. The lowest BCUT2D eigenvalue weighted by molar-refractivity contribution is -0.147. The molecule has 1 aliphatic carbocycles. The van der Waals surface area contributed by atoms with Crippen molar-refractivity contribution in [1.82, 2.24) is 36.4 Å². The lowest BCUT2D eigenvalue weighted by atomic mass is 9.83. The van der Waals surface area contributed by atoms with Crippen molar-refractivity contribution in [2.75, 3.05) is 20.2 Å². The molecule has 0 aromatic heterocycles. The second-order valence-electron chi connectivity index (χ2n) is 22.0. The summed E-state index contributed by atoms with van der Waals surface area (Å²) >= 11 is 0. The summed E-state index contributed by atoms with van der Waals surface area (Å²) in [7, 11) is 1.69. The molecule has 0 spiro atoms. The summed E-state index contributed by atoms with van der Waals surface area (Å²) in [4.78, 5) is 89.5. The number of amides is 6. The van der Waals surface area contributed by atoms with Crippen molar-refractivity contribution in [3.05, 3.63) is 100 Å². The maximum absolute atomic E-state index is 15.1. The summed E-state index contributed by atoms with van der Waals surface area (Å²) in [5.74, 6) is -1.58. The van der Waals surface area contributed by atoms with Gasteiger partial charge in [0, 0.05) is 43.3 Å². The van der Waals surface area contributed by atoms with Gasteiger partial charge < -0.3 is 41.1 Å². The van der Waals surface area contributed by atoms with Gasteiger partial charge in [-0.25, -0.2) is 0 Å². The van der Waals surface area contributed by atoms with Gasteiger partial charge in [-0.2, -0.15) is 0 Å². The van der Waals surface area contributed by atoms with Gasteiger partial charge in [-0.3, -0.25) is 28.8 Å². The van der Waals surface area contributed by atoms with Gasteiger partial charge in [0.15, 0.2) is 0 Å². The SMILES string of the molecule is CC[C@@H](C)C(=O)N[C@H](C(=O)N1Cc2cc(C3C[C@@H](C(=O)NC4CCCc5ccccc54)N(C(=O)[C@@H](NC(=O)[C@H](C)NC)C(C)(C)C)C3)ccc2C[C@H]1C(=O)NC1CCOc2ccccc21)C(C)(C)C. The van der Waals surface area contributed by atoms with Gasteiger partial charge in [-0.1, -0.05) is 116 Å². The van der Waals surface area contributed by atoms with E-state index in [1.807, 2.05) is 104 Å². The summed E-state index contributed by atoms with van der Waals surface area (Å²) < 4.78 is 5.90. The van der Waals surface area contributed by atoms with Crippen molar-refractivity contribution in [2.24, 2.45) is 16.7 Å². The molecule has 7 rings (SSSR count). The van der Waals surface area contributed by atoms with E-state index in [0.717, 1.165) is 52.8 Å². The molecule has 0 bridgehead atoms. The average Bonchev–Trinajstić information content (AvgIpc) is 3.79. The summed E-state index contributed by atoms with van der Waals surface area (Å²) in [6.45, 7) is 17.8. The van der Waals surface area contributed by atoms with Crippen LogP contribution in [0.2, 0.25) is 0 Å². The van der Waals surface area contributed by atoms with Crippen LogP contribution in [0.4, 0.5) is 0 Å². The van der Waals surface area contributed by atoms with Gasteiger partial charge in [-0.15, -0.1) is 0 Å². The van der Waals surface area contributed by atoms with Crippen LogP contribution in [-0.2, 0) is 48.2 Å². The van der Waals surface area contributed by atoms with E-state index < -0.39 is 41.0 Å². The Bertz CT molecular complexity index is 2410. The fourth-order valence-corrected chi connectivity index (χ4v) is 10.3. The Balaban J connectivity index is 1.22. The number of para-hydroxylation sites is 1. The highest BCUT2D eigenvalue weighted by atomic mass is 16.5. The molecule has 1 saturated heterocycles. The van der Waals surface area contributed by atoms with E-state index in [0.29, 0.717) is 25.9 Å². The fraction of sp³-hybridized carbons (Fsp3) is 0.564. The third-order valence-electron chi connectivity index (χ3n) is 15.0. The molecule has 0 radical (unpaired) electrons. The molecule has 9 atom stereocenters. The number of fused-ring (bicyclic) bond motifs is 3. The summed E-state index contributed by atoms with van der Waals surface area (Å²) in [6.07, 6.45) is 4.43. The summed E-state index contributed by atoms with van der Waals surface area (Å²) in [5.41, 5.74) is 4.49. The van der Waals surface area contributed by atoms with Crippen LogP contribution in [-0.4, -0.2) is 95.7 Å². The standard InChI is InChI=1S/C55H75N7O7/c1-11-32(2)48(63)59-46(54(4,5)6)52(67)61-30-37-27-35(23-24-36(37)28-43(61)50(65)58-42-25-26-69-45-22-15-14-20-40(42)45)38-29-44(51(66)57-41-21-16-18-34-17-12-13-19-39(34)41)62(31-38)53(68)47(55(7,8)9)60-49(64)33(3)56-10/h12-15,17,19-20,22-24,27,32-33,38,41-44,46-47,56H,11,16,18,21,25-26,28-31H2,1-10H3,(H,57,66)(H,58,65)(H,59,63)(H,60,64)/t32-,33+,38?,41?,42?,43+,44+,46-,47-/m1/s1. The molecule has 372 valence electrons. The minimum atomic E-state index is -0.917. The Hall–Kier alpha value is -5.76. The number of ether oxygens (including phenoxy) is 1. The Morgan fingerprint density at radius 1 is 0.710 bits per heavy atom. The minimum absolute atomic E-state index is 0.110. The van der Waals surface area contributed by atoms with Crippen molar-refractivity contribution in [3.63, 3.8) is 0 Å². The number of hydrogen-bond acceptors (Lipinski definition) is 8. The van der Waals surface area contributed by atoms with Crippen LogP contribution in [0.3, 0.4) is 0 Å². The zero-order valence-electron chi connectivity index (χ0n) is 42.4. The first-order chi connectivity index (χ1) is 32.7. The van der Waals surface area contributed by atoms with E-state index in [1.165, 1.54) is 5.56 Å². The van der Waals surface area contributed by atoms with E-state index in [2.05, 4.69) is 44.8 Å². The van der Waals surface area contributed by atoms with Gasteiger partial charge in [-0.05, 0) is 90.8 Å². The molecule has 0 saturated carbocycles. The van der Waals surface area contributed by atoms with E-state index >= 15 is 4.79 Å². The molecule has 69 heavy (non-hydrogen) atoms. The first-order valence-corrected chi connectivity index (χ1v) is 25.1. The molecule has 3 heterocycles. The Morgan fingerprint density at radius 3 is 1.99 bits per heavy atom. The van der Waals surface area contributed by atoms with Crippen LogP contribution in [0, 0.1) is 16.7 Å². The van der Waals surface area contributed by atoms with E-state index in [1.54, 1.807) is 23.8 Å². The fourth-order valence-electron chi connectivity index (χ4n) is 10.3. The average molecular weight is 946 g/mol. The van der Waals surface area contributed by atoms with Crippen LogP contribution in [0.1, 0.15) is 146 Å². The zero-order valence-corrected chi connectivity index (χ0v) is 42.4. The van der Waals surface area contributed by atoms with Crippen molar-refractivity contribution in [1.29, 1.82) is 0 Å². The quantitative estimate of drug-likeness (QED) is 0.135. The molecule has 3 aromatic rings. The predicted octanol–water partition coefficient (Wildman–Crippen LogP) is 6.17. The highest BCUT2D eigenvalue weighted by Crippen LogP contribution is 2.39. The number of likely N-dealkylation sites (tertiary alicyclic amines) is 1. The number of nitrogens with zero attached hydrogens (tertiary/aromatic N) is 2. The first kappa shape index (κ1) is 51.1. The second-order valence-corrected chi connectivity index (χ2v) is 22.0. The first-order valence-electron chi connectivity index (χ1n) is 25.1. The van der Waals surface area contributed by atoms with E-state index in [4.69, 9.17) is 4.74 Å². The molecule has 1 fully saturated rings. The molecule has 14 heteroatoms. The minimum Gasteiger partial charge on any atom is -0.493 e. The number of carbonyl (C=O) groups excluding carboxylic acids is 6. The molecule has 3 unspecified atom stereocenters. The van der Waals surface area contributed by atoms with Crippen molar-refractivity contribution >= 4 is 35.4 Å². The predicted molar refractivity (Wildman–Crippen MR) is 266 cm³/mol. The Labute approximate surface area is 408 Å². The summed E-state index contributed by atoms with van der Waals surface area (Å²) in [6, 6.07) is 17.4. The van der Waals surface area contributed by atoms with Gasteiger partial charge in [0.2, 0.25) is 35.4 Å². The zero-order chi connectivity index (χ0) is 49.9. The van der Waals surface area contributed by atoms with E-state index in [-0.39, 0.29) is 78.9 Å². The second kappa shape index (κ2) is 21.1. The van der Waals surface area contributed by atoms with Gasteiger partial charge in [0.25, 0.3) is 0 Å². The van der Waals surface area contributed by atoms with Gasteiger partial charge in [0.05, 0.1) is 24.7 Å². The maximum Gasteiger partial charge on any atom is 0.246 e. The molecule has 6 amide bonds. The smallest absolute Gasteiger partial charge is 0.246 e. The van der Waals surface area contributed by atoms with Crippen LogP contribution >= 0.6 is 0 Å². The highest BCUT2D eigenvalue weighted by molar-refractivity contribution is 5.95. The van der Waals surface area contributed by atoms with Crippen molar-refractivity contribution in [2.45, 2.75) is 162 Å². The normalized spacial score (nSPS) is 22.8. The Morgan fingerprint density at radius 2 is 1.32 bits per heavy atom. The van der Waals surface area contributed by atoms with Gasteiger partial charge in [0.1, 0.15) is 29.9 Å². The molecule has 14 nitrogen and oxygen atoms in total. The third kappa shape index (κ3) is 11.3. The largest absolute Gasteiger partial charge is 0.493 e. The monoisotopic (exact) mass is 946 g/mol. The molecular formula is C55H75N7O7. The number of benzene rings is 3. The number of rotatable bonds is 13. The number of carbonyl (C=O) groups is 6. The number of likely N-dealkylation sites (N-methyl/N-ethyl adjacent to an activating group) is 1. The topological polar surface area (TPSA) is 178 Å². The molecule has 4 aliphatic rings. The molecular weight excluding hydrogens is 871 g/mol. The van der Waals surface area contributed by atoms with Crippen LogP contribution in [0.25, 0.3) is 0 Å². The number of nitrogens with one attached hydrogen (secondary N) is 5. The van der Waals surface area contributed by atoms with Crippen molar-refractivity contribution in [3.8, 4) is 5.75 Å². The Kier molecular flexibility index (Phi) is 15.6. The van der Waals surface area contributed by atoms with Crippen molar-refractivity contribution < 1.29 is 33.5 Å². The lowest BCUT2D eigenvalue weighted by Gasteiger charge is -2.42. The van der Waals surface area contributed by atoms with Crippen LogP contribution in [0.15, 0.2) is 66.7 Å². The van der Waals surface area contributed by atoms with Gasteiger partial charge >= 0.3 is 0 Å². The summed E-state index contributed by atoms with van der Waals surface area (Å²) in [5, 5.41) is 15.6. The highest BCUT2D eigenvalue weighted by Gasteiger charge is 2.47. The lowest BCUT2D eigenvalue weighted by Crippen LogP contribution is -2.61. The molecule has 3 aromatic carbocycles. The van der Waals surface area contributed by atoms with Crippen LogP contribution in [0.5, 0.6) is 5.75 Å². The van der Waals surface area contributed by atoms with Crippen LogP contribution < -0.4 is 31.3 Å². The number of aryl methyl sites for hydroxylation is 1.